The zero-order chi connectivity index (χ0) is 22.1. The van der Waals surface area contributed by atoms with Gasteiger partial charge in [-0.2, -0.15) is 0 Å². The summed E-state index contributed by atoms with van der Waals surface area (Å²) < 4.78 is 18.8. The van der Waals surface area contributed by atoms with Crippen molar-refractivity contribution < 1.29 is 17.7 Å². The molecule has 4 rings (SSSR count). The van der Waals surface area contributed by atoms with Crippen molar-refractivity contribution in [2.75, 3.05) is 0 Å². The fraction of sp³-hybridized carbons (Fsp3) is 0.960. The number of Topliss-reactive ketones (excluding diaryl/α,β-unsaturated/α-hetero) is 1. The van der Waals surface area contributed by atoms with Crippen LogP contribution in [0.4, 0.5) is 0 Å². The summed E-state index contributed by atoms with van der Waals surface area (Å²) in [6, 6.07) is 0. The van der Waals surface area contributed by atoms with Crippen molar-refractivity contribution in [3.05, 3.63) is 0 Å². The quantitative estimate of drug-likeness (QED) is 0.709. The van der Waals surface area contributed by atoms with Crippen LogP contribution in [0.2, 0.25) is 0 Å². The van der Waals surface area contributed by atoms with Crippen molar-refractivity contribution in [2.45, 2.75) is 104 Å². The highest BCUT2D eigenvalue weighted by atomic mass is 16.3. The zero-order valence-corrected chi connectivity index (χ0v) is 18.3. The number of hydrogen-bond acceptors (Lipinski definition) is 3. The minimum absolute atomic E-state index is 0.0168. The van der Waals surface area contributed by atoms with Crippen LogP contribution in [-0.2, 0) is 4.79 Å². The maximum Gasteiger partial charge on any atom is 0.129 e. The second kappa shape index (κ2) is 7.38. The topological polar surface area (TPSA) is 57.5 Å². The Bertz CT molecular complexity index is 696. The Morgan fingerprint density at radius 2 is 1.75 bits per heavy atom. The molecule has 0 aromatic carbocycles. The smallest absolute Gasteiger partial charge is 0.129 e. The highest BCUT2D eigenvalue weighted by Gasteiger charge is 2.62. The molecule has 0 aliphatic heterocycles. The Labute approximate surface area is 174 Å². The van der Waals surface area contributed by atoms with E-state index in [0.29, 0.717) is 31.1 Å². The van der Waals surface area contributed by atoms with Gasteiger partial charge in [-0.3, -0.25) is 0 Å². The molecule has 4 aliphatic rings. The summed E-state index contributed by atoms with van der Waals surface area (Å²) in [7, 11) is 0. The van der Waals surface area contributed by atoms with E-state index in [1.54, 1.807) is 6.92 Å². The largest absolute Gasteiger partial charge is 0.393 e. The average molecular weight is 393 g/mol. The van der Waals surface area contributed by atoms with E-state index < -0.39 is 12.0 Å². The van der Waals surface area contributed by atoms with E-state index in [4.69, 9.17) is 1.37 Å². The third-order valence-corrected chi connectivity index (χ3v) is 9.85. The highest BCUT2D eigenvalue weighted by Crippen LogP contribution is 2.68. The van der Waals surface area contributed by atoms with Gasteiger partial charge in [-0.25, -0.2) is 0 Å². The lowest BCUT2D eigenvalue weighted by Crippen LogP contribution is -2.58. The summed E-state index contributed by atoms with van der Waals surface area (Å²) in [5, 5.41) is 21.7. The van der Waals surface area contributed by atoms with Gasteiger partial charge >= 0.3 is 0 Å². The molecular weight excluding hydrogens is 348 g/mol. The fourth-order valence-corrected chi connectivity index (χ4v) is 8.17. The molecule has 3 heteroatoms. The van der Waals surface area contributed by atoms with Crippen LogP contribution in [0.3, 0.4) is 0 Å². The van der Waals surface area contributed by atoms with E-state index >= 15 is 0 Å². The predicted octanol–water partition coefficient (Wildman–Crippen LogP) is 4.98. The van der Waals surface area contributed by atoms with Gasteiger partial charge in [-0.05, 0) is 111 Å². The molecule has 4 fully saturated rings. The molecule has 0 spiro atoms. The molecule has 4 aliphatic carbocycles. The van der Waals surface area contributed by atoms with Gasteiger partial charge in [0, 0.05) is 7.79 Å². The van der Waals surface area contributed by atoms with Crippen molar-refractivity contribution in [1.29, 1.82) is 0 Å². The molecule has 160 valence electrons. The maximum atomic E-state index is 11.5. The van der Waals surface area contributed by atoms with E-state index in [1.807, 2.05) is 0 Å². The normalized spacial score (nSPS) is 58.0. The van der Waals surface area contributed by atoms with E-state index in [-0.39, 0.29) is 40.5 Å². The Morgan fingerprint density at radius 1 is 1.07 bits per heavy atom. The first-order valence-electron chi connectivity index (χ1n) is 12.8. The molecule has 0 aromatic rings. The monoisotopic (exact) mass is 392 g/mol. The van der Waals surface area contributed by atoms with Crippen molar-refractivity contribution in [3.63, 3.8) is 0 Å². The first-order valence-corrected chi connectivity index (χ1v) is 11.8. The number of hydrogen-bond donors (Lipinski definition) is 2. The van der Waals surface area contributed by atoms with Crippen molar-refractivity contribution >= 4 is 5.78 Å². The van der Waals surface area contributed by atoms with Crippen molar-refractivity contribution in [3.8, 4) is 0 Å². The Morgan fingerprint density at radius 3 is 2.46 bits per heavy atom. The molecule has 3 unspecified atom stereocenters. The van der Waals surface area contributed by atoms with Gasteiger partial charge in [-0.15, -0.1) is 0 Å². The zero-order valence-electron chi connectivity index (χ0n) is 20.3. The van der Waals surface area contributed by atoms with E-state index in [9.17, 15) is 16.4 Å². The minimum atomic E-state index is -1.76. The molecule has 0 saturated heterocycles. The van der Waals surface area contributed by atoms with Crippen LogP contribution in [-0.4, -0.2) is 28.2 Å². The summed E-state index contributed by atoms with van der Waals surface area (Å²) in [5.41, 5.74) is -0.102. The summed E-state index contributed by atoms with van der Waals surface area (Å²) in [4.78, 5) is 11.5. The number of carbonyl (C=O) groups excluding carboxylic acids is 1. The van der Waals surface area contributed by atoms with Gasteiger partial charge in [0.2, 0.25) is 0 Å². The lowest BCUT2D eigenvalue weighted by atomic mass is 9.43. The summed E-state index contributed by atoms with van der Waals surface area (Å²) in [6.07, 6.45) is 6.01. The summed E-state index contributed by atoms with van der Waals surface area (Å²) in [5.74, 6) is 0.155. The minimum Gasteiger partial charge on any atom is -0.393 e. The van der Waals surface area contributed by atoms with Gasteiger partial charge in [0.15, 0.2) is 0 Å². The van der Waals surface area contributed by atoms with Crippen LogP contribution >= 0.6 is 0 Å². The Kier molecular flexibility index (Phi) is 4.84. The molecule has 0 aromatic heterocycles. The standard InChI is InChI=1S/C25H42O3/c1-15(5-6-16(2)26)19-7-8-20-23-21(10-12-25(19,20)4)24(3)11-9-18(27)13-17(24)14-22(23)28/h15,17-23,27-28H,5-14H2,1-4H3/t15?,17-,18+,19+,20?,21?,22+,23-,24-,25+/m0/s1/i22D,23D. The van der Waals surface area contributed by atoms with Gasteiger partial charge in [0.1, 0.15) is 5.78 Å². The van der Waals surface area contributed by atoms with Crippen LogP contribution in [0, 0.1) is 46.3 Å². The first-order chi connectivity index (χ1) is 13.9. The summed E-state index contributed by atoms with van der Waals surface area (Å²) >= 11 is 0. The number of rotatable bonds is 4. The number of fused-ring (bicyclic) bond motifs is 5. The van der Waals surface area contributed by atoms with Crippen LogP contribution in [0.1, 0.15) is 94.6 Å². The molecule has 28 heavy (non-hydrogen) atoms. The third-order valence-electron chi connectivity index (χ3n) is 9.85. The van der Waals surface area contributed by atoms with Crippen LogP contribution in [0.5, 0.6) is 0 Å². The lowest BCUT2D eigenvalue weighted by Gasteiger charge is -2.62. The molecule has 2 N–H and O–H groups in total. The van der Waals surface area contributed by atoms with Crippen molar-refractivity contribution in [1.82, 2.24) is 0 Å². The molecular formula is C25H42O3. The highest BCUT2D eigenvalue weighted by molar-refractivity contribution is 5.75. The second-order valence-electron chi connectivity index (χ2n) is 11.3. The predicted molar refractivity (Wildman–Crippen MR) is 112 cm³/mol. The molecule has 10 atom stereocenters. The molecule has 0 heterocycles. The van der Waals surface area contributed by atoms with Gasteiger partial charge in [0.05, 0.1) is 13.6 Å². The number of aliphatic hydroxyl groups excluding tert-OH is 1. The van der Waals surface area contributed by atoms with E-state index in [0.717, 1.165) is 44.9 Å². The second-order valence-corrected chi connectivity index (χ2v) is 11.3. The Balaban J connectivity index is 1.67. The van der Waals surface area contributed by atoms with Crippen LogP contribution in [0.25, 0.3) is 0 Å². The number of carbonyl (C=O) groups is 1. The molecule has 0 radical (unpaired) electrons. The molecule has 3 nitrogen and oxygen atoms in total. The van der Waals surface area contributed by atoms with Crippen molar-refractivity contribution in [2.24, 2.45) is 46.3 Å². The van der Waals surface area contributed by atoms with Gasteiger partial charge in [0.25, 0.3) is 0 Å². The summed E-state index contributed by atoms with van der Waals surface area (Å²) in [6.45, 7) is 8.53. The fourth-order valence-electron chi connectivity index (χ4n) is 8.17. The molecule has 0 amide bonds. The SMILES string of the molecule is [2H][C@]12C3CC[C@H](C(C)CCC(C)=O)[C@@]3(C)CCC1[C@@]1(C)CC[C@@H](O)C[C@H]1C[C@@]2([2H])O. The third kappa shape index (κ3) is 3.20. The van der Waals surface area contributed by atoms with Gasteiger partial charge < -0.3 is 15.0 Å². The van der Waals surface area contributed by atoms with E-state index in [1.165, 1.54) is 0 Å². The lowest BCUT2D eigenvalue weighted by molar-refractivity contribution is -0.174. The van der Waals surface area contributed by atoms with Crippen LogP contribution < -0.4 is 0 Å². The molecule has 4 saturated carbocycles. The number of ketones is 1. The van der Waals surface area contributed by atoms with E-state index in [2.05, 4.69) is 20.8 Å². The Hall–Kier alpha value is -0.410. The number of aliphatic hydroxyl groups is 2. The average Bonchev–Trinajstić information content (AvgIpc) is 3.00. The van der Waals surface area contributed by atoms with Crippen LogP contribution in [0.15, 0.2) is 0 Å². The van der Waals surface area contributed by atoms with Gasteiger partial charge in [-0.1, -0.05) is 20.8 Å². The molecule has 0 bridgehead atoms. The first kappa shape index (κ1) is 18.4. The maximum absolute atomic E-state index is 11.5.